The Labute approximate surface area is 188 Å². The van der Waals surface area contributed by atoms with Gasteiger partial charge in [-0.2, -0.15) is 5.26 Å². The molecule has 3 heterocycles. The summed E-state index contributed by atoms with van der Waals surface area (Å²) in [5.41, 5.74) is 2.00. The number of fused-ring (bicyclic) bond motifs is 1. The normalized spacial score (nSPS) is 10.2. The van der Waals surface area contributed by atoms with Crippen LogP contribution in [0, 0.1) is 23.0 Å². The van der Waals surface area contributed by atoms with Crippen LogP contribution in [0.1, 0.15) is 23.4 Å². The summed E-state index contributed by atoms with van der Waals surface area (Å²) in [5.74, 6) is -1.29. The third kappa shape index (κ3) is 6.62. The first-order valence-corrected chi connectivity index (χ1v) is 10.4. The van der Waals surface area contributed by atoms with Gasteiger partial charge in [0.25, 0.3) is 5.56 Å². The van der Waals surface area contributed by atoms with Gasteiger partial charge < -0.3 is 10.3 Å². The minimum atomic E-state index is -0.594. The van der Waals surface area contributed by atoms with Crippen molar-refractivity contribution in [1.29, 1.82) is 5.26 Å². The molecule has 4 rings (SSSR count). The summed E-state index contributed by atoms with van der Waals surface area (Å²) in [4.78, 5) is 45.8. The number of nitriles is 1. The predicted octanol–water partition coefficient (Wildman–Crippen LogP) is 2.15. The van der Waals surface area contributed by atoms with Gasteiger partial charge in [-0.25, -0.2) is 18.6 Å². The first kappa shape index (κ1) is 23.4. The van der Waals surface area contributed by atoms with Gasteiger partial charge >= 0.3 is 5.69 Å². The van der Waals surface area contributed by atoms with Crippen LogP contribution in [0.4, 0.5) is 8.78 Å². The number of H-pyrrole nitrogens is 2. The maximum absolute atomic E-state index is 13.5. The Morgan fingerprint density at radius 1 is 1.18 bits per heavy atom. The van der Waals surface area contributed by atoms with Crippen LogP contribution in [0.15, 0.2) is 50.9 Å². The highest BCUT2D eigenvalue weighted by Gasteiger charge is 2.08. The molecule has 0 aliphatic rings. The molecular formula is C21H16F2N6O3S. The van der Waals surface area contributed by atoms with Crippen LogP contribution < -0.4 is 16.6 Å². The molecule has 0 spiro atoms. The molecule has 9 nitrogen and oxygen atoms in total. The number of benzene rings is 1. The van der Waals surface area contributed by atoms with E-state index in [2.05, 4.69) is 20.3 Å². The Bertz CT molecular complexity index is 1430. The van der Waals surface area contributed by atoms with Gasteiger partial charge in [0, 0.05) is 18.0 Å². The number of hydrogen-bond acceptors (Lipinski definition) is 7. The Balaban J connectivity index is 0.000000203. The number of carbonyl (C=O) groups excluding carboxylic acids is 1. The zero-order chi connectivity index (χ0) is 23.8. The second-order valence-electron chi connectivity index (χ2n) is 6.62. The van der Waals surface area contributed by atoms with Crippen molar-refractivity contribution in [2.24, 2.45) is 0 Å². The Hall–Kier alpha value is -4.24. The summed E-state index contributed by atoms with van der Waals surface area (Å²) >= 11 is 1.48. The highest BCUT2D eigenvalue weighted by Crippen LogP contribution is 2.08. The van der Waals surface area contributed by atoms with E-state index in [1.807, 2.05) is 10.4 Å². The molecule has 33 heavy (non-hydrogen) atoms. The molecule has 4 aromatic rings. The maximum Gasteiger partial charge on any atom is 0.326 e. The van der Waals surface area contributed by atoms with Gasteiger partial charge in [-0.1, -0.05) is 0 Å². The Morgan fingerprint density at radius 2 is 2.00 bits per heavy atom. The standard InChI is InChI=1S/C13H11FN4OS.C8H5FN2O2/c14-11-3-9(4-15)5-16-12(11)6-17-13(19)2-1-10-7-20-8-18-10;9-4-1-2-6-5(3-4)7(12)11-8(13)10-6/h3,5,7-8H,1-2,6H2,(H,17,19);1-3H,(H2,10,11,12,13). The highest BCUT2D eigenvalue weighted by molar-refractivity contribution is 7.07. The molecule has 12 heteroatoms. The molecule has 1 aromatic carbocycles. The molecule has 1 amide bonds. The number of aromatic nitrogens is 4. The van der Waals surface area contributed by atoms with E-state index in [1.54, 1.807) is 11.6 Å². The van der Waals surface area contributed by atoms with Crippen molar-refractivity contribution in [1.82, 2.24) is 25.3 Å². The van der Waals surface area contributed by atoms with Gasteiger partial charge in [-0.05, 0) is 30.7 Å². The van der Waals surface area contributed by atoms with Gasteiger partial charge in [0.05, 0.1) is 39.9 Å². The molecule has 3 N–H and O–H groups in total. The number of hydrogen-bond donors (Lipinski definition) is 3. The number of nitrogens with zero attached hydrogens (tertiary/aromatic N) is 3. The van der Waals surface area contributed by atoms with Crippen LogP contribution in [-0.2, 0) is 17.8 Å². The molecular weight excluding hydrogens is 454 g/mol. The Morgan fingerprint density at radius 3 is 2.70 bits per heavy atom. The summed E-state index contributed by atoms with van der Waals surface area (Å²) in [6, 6.07) is 6.50. The molecule has 168 valence electrons. The van der Waals surface area contributed by atoms with Crippen LogP contribution >= 0.6 is 11.3 Å². The van der Waals surface area contributed by atoms with Gasteiger partial charge in [0.1, 0.15) is 17.7 Å². The van der Waals surface area contributed by atoms with Crippen LogP contribution in [0.5, 0.6) is 0 Å². The van der Waals surface area contributed by atoms with Crippen molar-refractivity contribution < 1.29 is 13.6 Å². The lowest BCUT2D eigenvalue weighted by Gasteiger charge is -2.05. The Kier molecular flexibility index (Phi) is 7.72. The number of halogens is 2. The summed E-state index contributed by atoms with van der Waals surface area (Å²) in [6.45, 7) is 0.00738. The SMILES string of the molecule is N#Cc1cnc(CNC(=O)CCc2cscn2)c(F)c1.O=c1[nH]c(=O)c2cc(F)ccc2[nH]1. The van der Waals surface area contributed by atoms with Crippen molar-refractivity contribution in [3.05, 3.63) is 90.8 Å². The van der Waals surface area contributed by atoms with Crippen molar-refractivity contribution in [2.75, 3.05) is 0 Å². The average molecular weight is 470 g/mol. The summed E-state index contributed by atoms with van der Waals surface area (Å²) in [7, 11) is 0. The fourth-order valence-electron chi connectivity index (χ4n) is 2.67. The van der Waals surface area contributed by atoms with Crippen molar-refractivity contribution in [3.8, 4) is 6.07 Å². The molecule has 3 aromatic heterocycles. The molecule has 0 unspecified atom stereocenters. The minimum absolute atomic E-state index is 0.00738. The van der Waals surface area contributed by atoms with Crippen molar-refractivity contribution in [2.45, 2.75) is 19.4 Å². The number of rotatable bonds is 5. The monoisotopic (exact) mass is 470 g/mol. The average Bonchev–Trinajstić information content (AvgIpc) is 3.31. The second-order valence-corrected chi connectivity index (χ2v) is 7.34. The van der Waals surface area contributed by atoms with E-state index in [0.717, 1.165) is 17.8 Å². The predicted molar refractivity (Wildman–Crippen MR) is 116 cm³/mol. The van der Waals surface area contributed by atoms with Gasteiger partial charge in [-0.15, -0.1) is 11.3 Å². The van der Waals surface area contributed by atoms with Gasteiger partial charge in [0.2, 0.25) is 5.91 Å². The lowest BCUT2D eigenvalue weighted by atomic mass is 10.2. The van der Waals surface area contributed by atoms with E-state index in [4.69, 9.17) is 5.26 Å². The van der Waals surface area contributed by atoms with Gasteiger partial charge in [-0.3, -0.25) is 19.6 Å². The zero-order valence-electron chi connectivity index (χ0n) is 16.9. The number of pyridine rings is 1. The summed E-state index contributed by atoms with van der Waals surface area (Å²) < 4.78 is 26.2. The second kappa shape index (κ2) is 10.9. The molecule has 0 saturated heterocycles. The van der Waals surface area contributed by atoms with Crippen LogP contribution in [0.2, 0.25) is 0 Å². The van der Waals surface area contributed by atoms with Crippen molar-refractivity contribution in [3.63, 3.8) is 0 Å². The van der Waals surface area contributed by atoms with E-state index in [0.29, 0.717) is 18.4 Å². The molecule has 0 fully saturated rings. The van der Waals surface area contributed by atoms with Crippen molar-refractivity contribution >= 4 is 28.1 Å². The number of carbonyl (C=O) groups is 1. The summed E-state index contributed by atoms with van der Waals surface area (Å²) in [6.07, 6.45) is 2.13. The van der Waals surface area contributed by atoms with E-state index >= 15 is 0 Å². The first-order chi connectivity index (χ1) is 15.9. The number of aryl methyl sites for hydroxylation is 1. The maximum atomic E-state index is 13.5. The molecule has 0 atom stereocenters. The van der Waals surface area contributed by atoms with E-state index < -0.39 is 22.9 Å². The van der Waals surface area contributed by atoms with E-state index in [9.17, 15) is 23.2 Å². The fourth-order valence-corrected chi connectivity index (χ4v) is 3.26. The molecule has 0 aliphatic heterocycles. The number of thiazole rings is 1. The highest BCUT2D eigenvalue weighted by atomic mass is 32.1. The summed E-state index contributed by atoms with van der Waals surface area (Å²) in [5, 5.41) is 13.2. The lowest BCUT2D eigenvalue weighted by molar-refractivity contribution is -0.121. The van der Waals surface area contributed by atoms with Gasteiger partial charge in [0.15, 0.2) is 0 Å². The minimum Gasteiger partial charge on any atom is -0.350 e. The van der Waals surface area contributed by atoms with E-state index in [1.165, 1.54) is 29.7 Å². The van der Waals surface area contributed by atoms with E-state index in [-0.39, 0.29) is 29.1 Å². The quantitative estimate of drug-likeness (QED) is 0.408. The molecule has 0 aliphatic carbocycles. The third-order valence-corrected chi connectivity index (χ3v) is 4.93. The third-order valence-electron chi connectivity index (χ3n) is 4.29. The largest absolute Gasteiger partial charge is 0.350 e. The molecule has 0 bridgehead atoms. The van der Waals surface area contributed by atoms with Crippen LogP contribution in [-0.4, -0.2) is 25.8 Å². The molecule has 0 saturated carbocycles. The topological polar surface area (TPSA) is 144 Å². The number of aromatic amines is 2. The number of nitrogens with one attached hydrogen (secondary N) is 3. The first-order valence-electron chi connectivity index (χ1n) is 9.46. The smallest absolute Gasteiger partial charge is 0.326 e. The number of amides is 1. The molecule has 0 radical (unpaired) electrons. The zero-order valence-corrected chi connectivity index (χ0v) is 17.7. The lowest BCUT2D eigenvalue weighted by Crippen LogP contribution is -2.24. The fraction of sp³-hybridized carbons (Fsp3) is 0.143. The van der Waals surface area contributed by atoms with Crippen LogP contribution in [0.3, 0.4) is 0 Å². The van der Waals surface area contributed by atoms with Crippen LogP contribution in [0.25, 0.3) is 10.9 Å².